The molecule has 0 saturated carbocycles. The number of primary amides is 1. The van der Waals surface area contributed by atoms with Gasteiger partial charge < -0.3 is 30.3 Å². The number of rotatable bonds is 9. The number of pyridine rings is 1. The van der Waals surface area contributed by atoms with E-state index in [1.54, 1.807) is 18.3 Å². The summed E-state index contributed by atoms with van der Waals surface area (Å²) in [5, 5.41) is 15.4. The number of nitrogens with one attached hydrogen (secondary N) is 1. The van der Waals surface area contributed by atoms with Crippen molar-refractivity contribution in [2.75, 3.05) is 43.4 Å². The fourth-order valence-corrected chi connectivity index (χ4v) is 6.51. The van der Waals surface area contributed by atoms with E-state index in [0.29, 0.717) is 57.9 Å². The molecule has 0 bridgehead atoms. The van der Waals surface area contributed by atoms with Crippen molar-refractivity contribution in [1.29, 1.82) is 5.26 Å². The summed E-state index contributed by atoms with van der Waals surface area (Å²) in [5.74, 6) is 0.879. The average molecular weight is 672 g/mol. The molecule has 47 heavy (non-hydrogen) atoms. The smallest absolute Gasteiger partial charge is 0.241 e. The number of halogens is 2. The molecule has 0 unspecified atom stereocenters. The predicted molar refractivity (Wildman–Crippen MR) is 187 cm³/mol. The van der Waals surface area contributed by atoms with Crippen LogP contribution in [0.3, 0.4) is 0 Å². The number of hydrogen-bond donors (Lipinski definition) is 2. The zero-order valence-corrected chi connectivity index (χ0v) is 27.7. The molecular weight excluding hydrogens is 635 g/mol. The van der Waals surface area contributed by atoms with Gasteiger partial charge >= 0.3 is 0 Å². The topological polar surface area (TPSA) is 117 Å². The molecule has 6 rings (SSSR count). The monoisotopic (exact) mass is 670 g/mol. The van der Waals surface area contributed by atoms with Gasteiger partial charge in [0.2, 0.25) is 5.91 Å². The van der Waals surface area contributed by atoms with Crippen molar-refractivity contribution >= 4 is 57.1 Å². The quantitative estimate of drug-likeness (QED) is 0.179. The number of carbonyl (C=O) groups excluding carboxylic acids is 1. The SMILES string of the molecule is CN1CCC(Oc2cc3ncc(C#N)c(Nc4ccc(OCc5cccc(Cl)c5)c(Cl)c4)c3cc2N2CCC(=CC(N)=O)CC2)CC1. The van der Waals surface area contributed by atoms with E-state index in [9.17, 15) is 10.1 Å². The van der Waals surface area contributed by atoms with Gasteiger partial charge in [-0.3, -0.25) is 9.78 Å². The van der Waals surface area contributed by atoms with E-state index in [1.807, 2.05) is 36.4 Å². The van der Waals surface area contributed by atoms with Crippen molar-refractivity contribution in [1.82, 2.24) is 9.88 Å². The molecule has 2 aliphatic heterocycles. The van der Waals surface area contributed by atoms with Crippen LogP contribution in [0.5, 0.6) is 11.5 Å². The Hall–Kier alpha value is -4.49. The predicted octanol–water partition coefficient (Wildman–Crippen LogP) is 7.22. The summed E-state index contributed by atoms with van der Waals surface area (Å²) >= 11 is 12.8. The molecule has 3 N–H and O–H groups in total. The minimum Gasteiger partial charge on any atom is -0.488 e. The van der Waals surface area contributed by atoms with Crippen molar-refractivity contribution in [3.05, 3.63) is 93.6 Å². The first-order chi connectivity index (χ1) is 22.7. The van der Waals surface area contributed by atoms with Crippen molar-refractivity contribution in [2.24, 2.45) is 5.73 Å². The molecule has 2 saturated heterocycles. The number of aromatic nitrogens is 1. The van der Waals surface area contributed by atoms with Crippen molar-refractivity contribution in [3.63, 3.8) is 0 Å². The first-order valence-electron chi connectivity index (χ1n) is 15.7. The zero-order valence-electron chi connectivity index (χ0n) is 26.1. The molecule has 11 heteroatoms. The van der Waals surface area contributed by atoms with Crippen LogP contribution in [0.4, 0.5) is 17.1 Å². The van der Waals surface area contributed by atoms with Gasteiger partial charge in [-0.2, -0.15) is 5.26 Å². The summed E-state index contributed by atoms with van der Waals surface area (Å²) in [5.41, 5.74) is 10.8. The summed E-state index contributed by atoms with van der Waals surface area (Å²) < 4.78 is 12.6. The Bertz CT molecular complexity index is 1860. The lowest BCUT2D eigenvalue weighted by molar-refractivity contribution is -0.113. The lowest BCUT2D eigenvalue weighted by Gasteiger charge is -2.34. The molecule has 1 aromatic heterocycles. The number of benzene rings is 3. The second-order valence-electron chi connectivity index (χ2n) is 12.0. The summed E-state index contributed by atoms with van der Waals surface area (Å²) in [7, 11) is 2.13. The number of carbonyl (C=O) groups is 1. The van der Waals surface area contributed by atoms with Crippen LogP contribution in [0.1, 0.15) is 36.8 Å². The molecule has 3 aromatic carbocycles. The Balaban J connectivity index is 1.32. The molecule has 2 aliphatic rings. The van der Waals surface area contributed by atoms with Gasteiger partial charge in [0.1, 0.15) is 30.3 Å². The van der Waals surface area contributed by atoms with E-state index in [2.05, 4.69) is 39.3 Å². The maximum Gasteiger partial charge on any atom is 0.241 e. The van der Waals surface area contributed by atoms with Crippen molar-refractivity contribution < 1.29 is 14.3 Å². The third kappa shape index (κ3) is 7.91. The van der Waals surface area contributed by atoms with Crippen LogP contribution in [0, 0.1) is 11.3 Å². The molecule has 4 aromatic rings. The van der Waals surface area contributed by atoms with Gasteiger partial charge in [0.05, 0.1) is 27.5 Å². The molecule has 0 aliphatic carbocycles. The molecule has 1 amide bonds. The van der Waals surface area contributed by atoms with Gasteiger partial charge in [0.15, 0.2) is 0 Å². The molecule has 9 nitrogen and oxygen atoms in total. The van der Waals surface area contributed by atoms with Gasteiger partial charge in [0, 0.05) is 60.6 Å². The number of nitriles is 1. The Morgan fingerprint density at radius 2 is 1.87 bits per heavy atom. The second kappa shape index (κ2) is 14.5. The third-order valence-electron chi connectivity index (χ3n) is 8.61. The molecular formula is C36H36Cl2N6O3. The Morgan fingerprint density at radius 1 is 1.09 bits per heavy atom. The van der Waals surface area contributed by atoms with E-state index >= 15 is 0 Å². The molecule has 3 heterocycles. The van der Waals surface area contributed by atoms with Gasteiger partial charge in [-0.25, -0.2) is 0 Å². The molecule has 242 valence electrons. The summed E-state index contributed by atoms with van der Waals surface area (Å²) in [6.07, 6.45) is 6.53. The van der Waals surface area contributed by atoms with Crippen LogP contribution in [0.15, 0.2) is 72.4 Å². The van der Waals surface area contributed by atoms with Crippen LogP contribution >= 0.6 is 23.2 Å². The Morgan fingerprint density at radius 3 is 2.57 bits per heavy atom. The number of nitrogens with two attached hydrogens (primary N) is 1. The number of anilines is 3. The molecule has 0 spiro atoms. The second-order valence-corrected chi connectivity index (χ2v) is 12.8. The van der Waals surface area contributed by atoms with E-state index in [4.69, 9.17) is 38.4 Å². The first kappa shape index (κ1) is 32.5. The van der Waals surface area contributed by atoms with Crippen molar-refractivity contribution in [2.45, 2.75) is 38.4 Å². The summed E-state index contributed by atoms with van der Waals surface area (Å²) in [4.78, 5) is 20.7. The standard InChI is InChI=1S/C36H36Cl2N6O3/c1-43-11-9-28(10-12-43)47-34-19-31-29(18-32(34)44-13-7-23(8-14-44)16-35(40)45)36(25(20-39)21-41-31)42-27-5-6-33(30(38)17-27)46-22-24-3-2-4-26(37)15-24/h2-6,15-19,21,28H,7-14,22H2,1H3,(H2,40,45)(H,41,42). The number of nitrogens with zero attached hydrogens (tertiary/aromatic N) is 4. The number of fused-ring (bicyclic) bond motifs is 1. The maximum atomic E-state index is 11.5. The normalized spacial score (nSPS) is 15.7. The first-order valence-corrected chi connectivity index (χ1v) is 16.4. The van der Waals surface area contributed by atoms with Crippen LogP contribution in [-0.4, -0.2) is 55.1 Å². The van der Waals surface area contributed by atoms with Crippen LogP contribution in [0.25, 0.3) is 10.9 Å². The number of amides is 1. The Kier molecular flexibility index (Phi) is 10.0. The van der Waals surface area contributed by atoms with E-state index in [-0.39, 0.29) is 6.10 Å². The minimum atomic E-state index is -0.419. The summed E-state index contributed by atoms with van der Waals surface area (Å²) in [6, 6.07) is 19.2. The largest absolute Gasteiger partial charge is 0.488 e. The van der Waals surface area contributed by atoms with E-state index in [1.165, 1.54) is 6.08 Å². The average Bonchev–Trinajstić information content (AvgIpc) is 3.05. The van der Waals surface area contributed by atoms with Crippen LogP contribution in [0.2, 0.25) is 10.0 Å². The lowest BCUT2D eigenvalue weighted by Crippen LogP contribution is -2.36. The number of ether oxygens (including phenoxy) is 2. The third-order valence-corrected chi connectivity index (χ3v) is 9.14. The van der Waals surface area contributed by atoms with E-state index in [0.717, 1.165) is 66.7 Å². The number of piperidine rings is 2. The minimum absolute atomic E-state index is 0.0928. The highest BCUT2D eigenvalue weighted by atomic mass is 35.5. The lowest BCUT2D eigenvalue weighted by atomic mass is 10.0. The Labute approximate surface area is 284 Å². The van der Waals surface area contributed by atoms with Gasteiger partial charge in [0.25, 0.3) is 0 Å². The fraction of sp³-hybridized carbons (Fsp3) is 0.306. The van der Waals surface area contributed by atoms with Gasteiger partial charge in [-0.05, 0) is 74.7 Å². The zero-order chi connectivity index (χ0) is 32.9. The number of likely N-dealkylation sites (tertiary alicyclic amines) is 1. The molecule has 0 atom stereocenters. The van der Waals surface area contributed by atoms with Gasteiger partial charge in [-0.15, -0.1) is 0 Å². The summed E-state index contributed by atoms with van der Waals surface area (Å²) in [6.45, 7) is 3.68. The number of hydrogen-bond acceptors (Lipinski definition) is 8. The van der Waals surface area contributed by atoms with Crippen molar-refractivity contribution in [3.8, 4) is 17.6 Å². The molecule has 2 fully saturated rings. The highest BCUT2D eigenvalue weighted by Crippen LogP contribution is 2.41. The highest BCUT2D eigenvalue weighted by molar-refractivity contribution is 6.32. The fourth-order valence-electron chi connectivity index (χ4n) is 6.06. The maximum absolute atomic E-state index is 11.5. The van der Waals surface area contributed by atoms with Crippen LogP contribution in [-0.2, 0) is 11.4 Å². The highest BCUT2D eigenvalue weighted by Gasteiger charge is 2.25. The molecule has 0 radical (unpaired) electrons. The van der Waals surface area contributed by atoms with Gasteiger partial charge in [-0.1, -0.05) is 40.9 Å². The van der Waals surface area contributed by atoms with E-state index < -0.39 is 5.91 Å². The van der Waals surface area contributed by atoms with Crippen LogP contribution < -0.4 is 25.4 Å².